The number of benzene rings is 2. The molecule has 36 heavy (non-hydrogen) atoms. The highest BCUT2D eigenvalue weighted by molar-refractivity contribution is 5.75. The number of carboxylic acid groups (broad SMARTS) is 1. The average molecular weight is 496 g/mol. The third-order valence-electron chi connectivity index (χ3n) is 6.04. The van der Waals surface area contributed by atoms with Crippen LogP contribution in [0.4, 0.5) is 0 Å². The first-order chi connectivity index (χ1) is 17.4. The van der Waals surface area contributed by atoms with E-state index in [2.05, 4.69) is 24.3 Å². The number of aliphatic carboxylic acids is 1. The Morgan fingerprint density at radius 2 is 1.69 bits per heavy atom. The van der Waals surface area contributed by atoms with Crippen molar-refractivity contribution in [3.05, 3.63) is 65.2 Å². The Morgan fingerprint density at radius 3 is 2.39 bits per heavy atom. The summed E-state index contributed by atoms with van der Waals surface area (Å²) >= 11 is 0. The number of carboxylic acids is 1. The van der Waals surface area contributed by atoms with Crippen LogP contribution in [0.15, 0.2) is 48.5 Å². The lowest BCUT2D eigenvalue weighted by atomic mass is 10.0. The number of nitrogens with zero attached hydrogens (tertiary/aromatic N) is 1. The molecule has 0 atom stereocenters. The van der Waals surface area contributed by atoms with E-state index in [1.165, 1.54) is 5.56 Å². The van der Waals surface area contributed by atoms with Crippen molar-refractivity contribution >= 4 is 18.0 Å². The van der Waals surface area contributed by atoms with Crippen LogP contribution in [0.25, 0.3) is 6.08 Å². The molecule has 0 radical (unpaired) electrons. The Kier molecular flexibility index (Phi) is 13.2. The lowest BCUT2D eigenvalue weighted by molar-refractivity contribution is -0.137. The summed E-state index contributed by atoms with van der Waals surface area (Å²) in [6.07, 6.45) is 12.1. The first-order valence-corrected chi connectivity index (χ1v) is 12.9. The Bertz CT molecular complexity index is 966. The molecule has 2 aromatic rings. The van der Waals surface area contributed by atoms with Crippen LogP contribution in [0, 0.1) is 0 Å². The first kappa shape index (κ1) is 29.0. The first-order valence-electron chi connectivity index (χ1n) is 12.9. The maximum atomic E-state index is 11.7. The summed E-state index contributed by atoms with van der Waals surface area (Å²) < 4.78 is 11.2. The fourth-order valence-corrected chi connectivity index (χ4v) is 3.85. The molecule has 6 nitrogen and oxygen atoms in total. The summed E-state index contributed by atoms with van der Waals surface area (Å²) in [5, 5.41) is 9.14. The SMILES string of the molecule is COc1ccc(/C=C/CCCCOc2ccc(CCCCCC(=O)N(C)C)cc2CCC(=O)O)cc1. The third-order valence-corrected chi connectivity index (χ3v) is 6.04. The van der Waals surface area contributed by atoms with E-state index >= 15 is 0 Å². The second-order valence-electron chi connectivity index (χ2n) is 9.20. The summed E-state index contributed by atoms with van der Waals surface area (Å²) in [6.45, 7) is 0.607. The van der Waals surface area contributed by atoms with Gasteiger partial charge in [0, 0.05) is 26.9 Å². The van der Waals surface area contributed by atoms with Crippen LogP contribution in [-0.2, 0) is 22.4 Å². The molecule has 0 saturated heterocycles. The zero-order valence-electron chi connectivity index (χ0n) is 22.0. The van der Waals surface area contributed by atoms with Gasteiger partial charge in [-0.25, -0.2) is 0 Å². The van der Waals surface area contributed by atoms with Crippen molar-refractivity contribution in [3.8, 4) is 11.5 Å². The number of rotatable bonds is 17. The van der Waals surface area contributed by atoms with E-state index in [1.807, 2.05) is 30.3 Å². The van der Waals surface area contributed by atoms with Crippen molar-refractivity contribution in [2.45, 2.75) is 64.2 Å². The molecule has 1 N–H and O–H groups in total. The largest absolute Gasteiger partial charge is 0.497 e. The highest BCUT2D eigenvalue weighted by atomic mass is 16.5. The number of carbonyl (C=O) groups excluding carboxylic acids is 1. The molecular weight excluding hydrogens is 454 g/mol. The van der Waals surface area contributed by atoms with Gasteiger partial charge >= 0.3 is 5.97 Å². The van der Waals surface area contributed by atoms with Crippen LogP contribution in [-0.4, -0.2) is 49.7 Å². The zero-order chi connectivity index (χ0) is 26.2. The highest BCUT2D eigenvalue weighted by Gasteiger charge is 2.09. The van der Waals surface area contributed by atoms with Gasteiger partial charge in [-0.15, -0.1) is 0 Å². The van der Waals surface area contributed by atoms with Crippen LogP contribution in [0.5, 0.6) is 11.5 Å². The molecule has 0 saturated carbocycles. The number of amides is 1. The van der Waals surface area contributed by atoms with Crippen LogP contribution in [0.2, 0.25) is 0 Å². The molecule has 196 valence electrons. The molecule has 0 bridgehead atoms. The molecule has 0 aliphatic heterocycles. The Labute approximate surface area is 215 Å². The van der Waals surface area contributed by atoms with E-state index in [4.69, 9.17) is 14.6 Å². The third kappa shape index (κ3) is 11.4. The quantitative estimate of drug-likeness (QED) is 0.266. The number of allylic oxidation sites excluding steroid dienone is 1. The summed E-state index contributed by atoms with van der Waals surface area (Å²) in [6, 6.07) is 14.1. The van der Waals surface area contributed by atoms with Crippen LogP contribution in [0.3, 0.4) is 0 Å². The van der Waals surface area contributed by atoms with Gasteiger partial charge in [0.1, 0.15) is 11.5 Å². The zero-order valence-corrected chi connectivity index (χ0v) is 22.0. The number of hydrogen-bond donors (Lipinski definition) is 1. The molecule has 1 amide bonds. The molecule has 6 heteroatoms. The molecule has 2 aromatic carbocycles. The normalized spacial score (nSPS) is 11.0. The number of unbranched alkanes of at least 4 members (excludes halogenated alkanes) is 4. The molecule has 0 spiro atoms. The second kappa shape index (κ2) is 16.4. The molecule has 0 unspecified atom stereocenters. The van der Waals surface area contributed by atoms with Gasteiger partial charge in [-0.05, 0) is 79.8 Å². The molecule has 0 heterocycles. The minimum Gasteiger partial charge on any atom is -0.497 e. The van der Waals surface area contributed by atoms with Crippen molar-refractivity contribution in [1.82, 2.24) is 4.90 Å². The molecule has 0 fully saturated rings. The Hall–Kier alpha value is -3.28. The number of aryl methyl sites for hydroxylation is 2. The van der Waals surface area contributed by atoms with Gasteiger partial charge < -0.3 is 19.5 Å². The van der Waals surface area contributed by atoms with E-state index in [0.29, 0.717) is 19.4 Å². The highest BCUT2D eigenvalue weighted by Crippen LogP contribution is 2.24. The average Bonchev–Trinajstić information content (AvgIpc) is 2.87. The van der Waals surface area contributed by atoms with Crippen LogP contribution in [0.1, 0.15) is 68.1 Å². The summed E-state index contributed by atoms with van der Waals surface area (Å²) in [4.78, 5) is 24.4. The Balaban J connectivity index is 1.77. The minimum atomic E-state index is -0.805. The van der Waals surface area contributed by atoms with Gasteiger partial charge in [-0.1, -0.05) is 42.8 Å². The van der Waals surface area contributed by atoms with Gasteiger partial charge in [0.2, 0.25) is 5.91 Å². The summed E-state index contributed by atoms with van der Waals surface area (Å²) in [7, 11) is 5.23. The molecule has 2 rings (SSSR count). The second-order valence-corrected chi connectivity index (χ2v) is 9.20. The number of methoxy groups -OCH3 is 1. The van der Waals surface area contributed by atoms with Crippen molar-refractivity contribution in [3.63, 3.8) is 0 Å². The monoisotopic (exact) mass is 495 g/mol. The van der Waals surface area contributed by atoms with E-state index < -0.39 is 5.97 Å². The van der Waals surface area contributed by atoms with Gasteiger partial charge in [0.05, 0.1) is 13.7 Å². The fourth-order valence-electron chi connectivity index (χ4n) is 3.85. The van der Waals surface area contributed by atoms with Gasteiger partial charge in [0.15, 0.2) is 0 Å². The van der Waals surface area contributed by atoms with E-state index in [-0.39, 0.29) is 12.3 Å². The maximum absolute atomic E-state index is 11.7. The number of ether oxygens (including phenoxy) is 2. The lowest BCUT2D eigenvalue weighted by Crippen LogP contribution is -2.20. The molecular formula is C30H41NO5. The van der Waals surface area contributed by atoms with Crippen LogP contribution < -0.4 is 9.47 Å². The molecule has 0 aliphatic rings. The van der Waals surface area contributed by atoms with E-state index in [0.717, 1.165) is 67.6 Å². The smallest absolute Gasteiger partial charge is 0.303 e. The lowest BCUT2D eigenvalue weighted by Gasteiger charge is -2.13. The standard InChI is InChI=1S/C30H41NO5/c1-31(2)29(32)13-9-6-8-12-25-16-20-28(26(23-25)17-21-30(33)34)36-22-10-5-4-7-11-24-14-18-27(35-3)19-15-24/h7,11,14-16,18-20,23H,4-6,8-10,12-13,17,21-22H2,1-3H3,(H,33,34)/b11-7+. The Morgan fingerprint density at radius 1 is 0.917 bits per heavy atom. The minimum absolute atomic E-state index is 0.0859. The summed E-state index contributed by atoms with van der Waals surface area (Å²) in [5.41, 5.74) is 3.29. The predicted octanol–water partition coefficient (Wildman–Crippen LogP) is 6.17. The maximum Gasteiger partial charge on any atom is 0.303 e. The fraction of sp³-hybridized carbons (Fsp3) is 0.467. The van der Waals surface area contributed by atoms with E-state index in [1.54, 1.807) is 26.1 Å². The van der Waals surface area contributed by atoms with Gasteiger partial charge in [-0.2, -0.15) is 0 Å². The van der Waals surface area contributed by atoms with E-state index in [9.17, 15) is 9.59 Å². The van der Waals surface area contributed by atoms with Crippen molar-refractivity contribution in [1.29, 1.82) is 0 Å². The van der Waals surface area contributed by atoms with Crippen molar-refractivity contribution < 1.29 is 24.2 Å². The molecule has 0 aliphatic carbocycles. The van der Waals surface area contributed by atoms with Gasteiger partial charge in [-0.3, -0.25) is 9.59 Å². The molecule has 0 aromatic heterocycles. The van der Waals surface area contributed by atoms with Crippen LogP contribution >= 0.6 is 0 Å². The number of carbonyl (C=O) groups is 2. The predicted molar refractivity (Wildman–Crippen MR) is 145 cm³/mol. The van der Waals surface area contributed by atoms with Gasteiger partial charge in [0.25, 0.3) is 0 Å². The van der Waals surface area contributed by atoms with Crippen molar-refractivity contribution in [2.75, 3.05) is 27.8 Å². The summed E-state index contributed by atoms with van der Waals surface area (Å²) in [5.74, 6) is 1.000. The topological polar surface area (TPSA) is 76.1 Å². The van der Waals surface area contributed by atoms with Crippen molar-refractivity contribution in [2.24, 2.45) is 0 Å². The number of hydrogen-bond acceptors (Lipinski definition) is 4.